The van der Waals surface area contributed by atoms with E-state index in [1.807, 2.05) is 0 Å². The molecule has 0 spiro atoms. The van der Waals surface area contributed by atoms with E-state index < -0.39 is 5.91 Å². The van der Waals surface area contributed by atoms with E-state index in [9.17, 15) is 9.18 Å². The number of nitrogen functional groups attached to an aromatic ring is 1. The Kier molecular flexibility index (Phi) is 5.09. The van der Waals surface area contributed by atoms with Crippen molar-refractivity contribution in [2.75, 3.05) is 6.54 Å². The highest BCUT2D eigenvalue weighted by molar-refractivity contribution is 5.93. The van der Waals surface area contributed by atoms with Crippen LogP contribution in [0.25, 0.3) is 0 Å². The maximum Gasteiger partial charge on any atom is 0.265 e. The Bertz CT molecular complexity index is 474. The molecule has 0 aromatic heterocycles. The molecule has 1 aromatic rings. The molecule has 4 nitrogen and oxygen atoms in total. The number of carbonyl (C=O) groups is 1. The fraction of sp³-hybridized carbons (Fsp3) is 0.533. The molecule has 0 aliphatic heterocycles. The Morgan fingerprint density at radius 1 is 1.50 bits per heavy atom. The molecule has 1 fully saturated rings. The number of unbranched alkanes of at least 4 members (excludes halogenated alkanes) is 1. The van der Waals surface area contributed by atoms with Crippen LogP contribution in [0.5, 0.6) is 0 Å². The number of benzene rings is 1. The molecular formula is C15H22FN3O. The summed E-state index contributed by atoms with van der Waals surface area (Å²) < 4.78 is 13.9. The van der Waals surface area contributed by atoms with Crippen molar-refractivity contribution in [1.29, 1.82) is 0 Å². The van der Waals surface area contributed by atoms with Gasteiger partial charge in [-0.3, -0.25) is 15.1 Å². The van der Waals surface area contributed by atoms with Gasteiger partial charge in [0.05, 0.1) is 0 Å². The summed E-state index contributed by atoms with van der Waals surface area (Å²) in [7, 11) is 0. The maximum atomic E-state index is 13.9. The third kappa shape index (κ3) is 3.77. The fourth-order valence-corrected chi connectivity index (χ4v) is 2.33. The van der Waals surface area contributed by atoms with Crippen molar-refractivity contribution < 1.29 is 9.18 Å². The molecule has 2 rings (SSSR count). The number of nitrogens with zero attached hydrogens (tertiary/aromatic N) is 1. The zero-order chi connectivity index (χ0) is 14.5. The average molecular weight is 279 g/mol. The van der Waals surface area contributed by atoms with E-state index in [4.69, 9.17) is 5.84 Å². The van der Waals surface area contributed by atoms with Gasteiger partial charge in [0.15, 0.2) is 0 Å². The number of hydrogen-bond acceptors (Lipinski definition) is 3. The van der Waals surface area contributed by atoms with E-state index >= 15 is 0 Å². The molecule has 1 saturated carbocycles. The minimum atomic E-state index is -0.391. The third-order valence-corrected chi connectivity index (χ3v) is 3.67. The zero-order valence-corrected chi connectivity index (χ0v) is 11.9. The lowest BCUT2D eigenvalue weighted by Gasteiger charge is -2.22. The van der Waals surface area contributed by atoms with Gasteiger partial charge < -0.3 is 0 Å². The highest BCUT2D eigenvalue weighted by atomic mass is 19.1. The van der Waals surface area contributed by atoms with Crippen LogP contribution in [0.15, 0.2) is 18.2 Å². The fourth-order valence-electron chi connectivity index (χ4n) is 2.33. The Balaban J connectivity index is 2.11. The summed E-state index contributed by atoms with van der Waals surface area (Å²) in [6.45, 7) is 3.69. The second kappa shape index (κ2) is 6.81. The largest absolute Gasteiger partial charge is 0.296 e. The van der Waals surface area contributed by atoms with E-state index in [-0.39, 0.29) is 5.82 Å². The predicted octanol–water partition coefficient (Wildman–Crippen LogP) is 2.19. The van der Waals surface area contributed by atoms with Crippen molar-refractivity contribution in [1.82, 2.24) is 10.3 Å². The van der Waals surface area contributed by atoms with Crippen LogP contribution in [0, 0.1) is 5.82 Å². The molecule has 0 bridgehead atoms. The van der Waals surface area contributed by atoms with Crippen LogP contribution in [0.1, 0.15) is 48.5 Å². The molecule has 1 aromatic carbocycles. The first kappa shape index (κ1) is 14.9. The van der Waals surface area contributed by atoms with Crippen LogP contribution < -0.4 is 11.3 Å². The van der Waals surface area contributed by atoms with Gasteiger partial charge in [-0.25, -0.2) is 10.2 Å². The van der Waals surface area contributed by atoms with Gasteiger partial charge in [0.25, 0.3) is 5.91 Å². The lowest BCUT2D eigenvalue weighted by Crippen LogP contribution is -2.30. The van der Waals surface area contributed by atoms with Crippen LogP contribution in [0.4, 0.5) is 4.39 Å². The van der Waals surface area contributed by atoms with Crippen molar-refractivity contribution in [3.8, 4) is 0 Å². The number of amides is 1. The summed E-state index contributed by atoms with van der Waals surface area (Å²) in [6, 6.07) is 4.96. The molecule has 0 heterocycles. The first-order chi connectivity index (χ1) is 9.65. The predicted molar refractivity (Wildman–Crippen MR) is 76.4 cm³/mol. The minimum Gasteiger partial charge on any atom is -0.296 e. The van der Waals surface area contributed by atoms with E-state index in [2.05, 4.69) is 17.2 Å². The normalized spacial score (nSPS) is 14.6. The molecule has 1 aliphatic rings. The van der Waals surface area contributed by atoms with E-state index in [1.54, 1.807) is 6.07 Å². The molecule has 1 aliphatic carbocycles. The Hall–Kier alpha value is -1.46. The molecular weight excluding hydrogens is 257 g/mol. The molecule has 0 unspecified atom stereocenters. The first-order valence-electron chi connectivity index (χ1n) is 7.19. The summed E-state index contributed by atoms with van der Waals surface area (Å²) in [5.41, 5.74) is 3.04. The van der Waals surface area contributed by atoms with E-state index in [1.165, 1.54) is 25.0 Å². The molecule has 3 N–H and O–H groups in total. The summed E-state index contributed by atoms with van der Waals surface area (Å²) in [5, 5.41) is 0. The monoisotopic (exact) mass is 279 g/mol. The van der Waals surface area contributed by atoms with Crippen LogP contribution >= 0.6 is 0 Å². The van der Waals surface area contributed by atoms with Gasteiger partial charge in [0.1, 0.15) is 5.82 Å². The average Bonchev–Trinajstić information content (AvgIpc) is 3.29. The maximum absolute atomic E-state index is 13.9. The van der Waals surface area contributed by atoms with Gasteiger partial charge in [-0.05, 0) is 44.0 Å². The number of hydrazine groups is 1. The van der Waals surface area contributed by atoms with Crippen molar-refractivity contribution in [2.24, 2.45) is 5.84 Å². The minimum absolute atomic E-state index is 0.263. The molecule has 0 atom stereocenters. The van der Waals surface area contributed by atoms with Crippen molar-refractivity contribution in [2.45, 2.75) is 45.2 Å². The summed E-state index contributed by atoms with van der Waals surface area (Å²) in [4.78, 5) is 13.8. The number of hydrogen-bond donors (Lipinski definition) is 2. The van der Waals surface area contributed by atoms with Gasteiger partial charge in [0, 0.05) is 23.7 Å². The highest BCUT2D eigenvalue weighted by Gasteiger charge is 2.29. The van der Waals surface area contributed by atoms with Gasteiger partial charge in [-0.2, -0.15) is 0 Å². The summed E-state index contributed by atoms with van der Waals surface area (Å²) in [5.74, 6) is 4.46. The van der Waals surface area contributed by atoms with Crippen molar-refractivity contribution in [3.63, 3.8) is 0 Å². The Morgan fingerprint density at radius 3 is 2.85 bits per heavy atom. The SMILES string of the molecule is CCCCN(Cc1cc(C(=O)NN)ccc1F)C1CC1. The molecule has 5 heteroatoms. The molecule has 0 saturated heterocycles. The Labute approximate surface area is 119 Å². The van der Waals surface area contributed by atoms with Gasteiger partial charge in [-0.15, -0.1) is 0 Å². The van der Waals surface area contributed by atoms with Crippen molar-refractivity contribution in [3.05, 3.63) is 35.1 Å². The van der Waals surface area contributed by atoms with Gasteiger partial charge in [0.2, 0.25) is 0 Å². The lowest BCUT2D eigenvalue weighted by atomic mass is 10.1. The van der Waals surface area contributed by atoms with E-state index in [0.717, 1.165) is 19.4 Å². The number of nitrogens with two attached hydrogens (primary N) is 1. The Morgan fingerprint density at radius 2 is 2.25 bits per heavy atom. The number of nitrogens with one attached hydrogen (secondary N) is 1. The van der Waals surface area contributed by atoms with Crippen LogP contribution in [-0.4, -0.2) is 23.4 Å². The topological polar surface area (TPSA) is 58.4 Å². The summed E-state index contributed by atoms with van der Waals surface area (Å²) in [6.07, 6.45) is 4.62. The van der Waals surface area contributed by atoms with Crippen LogP contribution in [0.3, 0.4) is 0 Å². The standard InChI is InChI=1S/C15H22FN3O/c1-2-3-8-19(13-5-6-13)10-12-9-11(15(20)18-17)4-7-14(12)16/h4,7,9,13H,2-3,5-6,8,10,17H2,1H3,(H,18,20). The zero-order valence-electron chi connectivity index (χ0n) is 11.9. The third-order valence-electron chi connectivity index (χ3n) is 3.67. The van der Waals surface area contributed by atoms with E-state index in [0.29, 0.717) is 23.7 Å². The lowest BCUT2D eigenvalue weighted by molar-refractivity contribution is 0.0953. The highest BCUT2D eigenvalue weighted by Crippen LogP contribution is 2.29. The number of halogens is 1. The molecule has 1 amide bonds. The van der Waals surface area contributed by atoms with Crippen LogP contribution in [-0.2, 0) is 6.54 Å². The van der Waals surface area contributed by atoms with Gasteiger partial charge >= 0.3 is 0 Å². The van der Waals surface area contributed by atoms with Crippen LogP contribution in [0.2, 0.25) is 0 Å². The molecule has 20 heavy (non-hydrogen) atoms. The second-order valence-electron chi connectivity index (χ2n) is 5.33. The summed E-state index contributed by atoms with van der Waals surface area (Å²) >= 11 is 0. The molecule has 110 valence electrons. The van der Waals surface area contributed by atoms with Crippen molar-refractivity contribution >= 4 is 5.91 Å². The first-order valence-corrected chi connectivity index (χ1v) is 7.19. The number of carbonyl (C=O) groups excluding carboxylic acids is 1. The second-order valence-corrected chi connectivity index (χ2v) is 5.33. The number of rotatable bonds is 7. The quantitative estimate of drug-likeness (QED) is 0.457. The molecule has 0 radical (unpaired) electrons. The van der Waals surface area contributed by atoms with Gasteiger partial charge in [-0.1, -0.05) is 13.3 Å². The smallest absolute Gasteiger partial charge is 0.265 e.